The Morgan fingerprint density at radius 3 is 2.74 bits per heavy atom. The zero-order chi connectivity index (χ0) is 28.1. The van der Waals surface area contributed by atoms with E-state index in [1.165, 1.54) is 25.6 Å². The van der Waals surface area contributed by atoms with Gasteiger partial charge in [-0.05, 0) is 45.7 Å². The molecule has 0 aliphatic carbocycles. The standard InChI is InChI=1S/C26H26Cl2FN5O5/c1-26(2,3)39-25(36)33-9-5-6-13(11-33)38-22-17(37-4)10-15-18-21(22)32-24(35)34(23(18)31-12-30-15)16-8-7-14(27)19(28)20(16)29/h7-8,10,12-13H,5-6,9,11H2,1-4H3,(H,30,31). The number of hydrogen-bond donors (Lipinski definition) is 1. The zero-order valence-electron chi connectivity index (χ0n) is 21.7. The molecule has 0 radical (unpaired) electrons. The lowest BCUT2D eigenvalue weighted by molar-refractivity contribution is 0.00769. The first kappa shape index (κ1) is 27.0. The van der Waals surface area contributed by atoms with Gasteiger partial charge in [-0.2, -0.15) is 4.98 Å². The van der Waals surface area contributed by atoms with Gasteiger partial charge in [0.2, 0.25) is 0 Å². The average Bonchev–Trinajstić information content (AvgIpc) is 2.88. The second kappa shape index (κ2) is 10.2. The van der Waals surface area contributed by atoms with Crippen LogP contribution in [0.4, 0.5) is 20.7 Å². The van der Waals surface area contributed by atoms with Crippen molar-refractivity contribution in [2.45, 2.75) is 45.3 Å². The molecule has 2 aliphatic rings. The number of piperidine rings is 1. The van der Waals surface area contributed by atoms with E-state index in [4.69, 9.17) is 37.4 Å². The Morgan fingerprint density at radius 2 is 2.03 bits per heavy atom. The van der Waals surface area contributed by atoms with E-state index in [0.717, 1.165) is 4.57 Å². The summed E-state index contributed by atoms with van der Waals surface area (Å²) in [6.07, 6.45) is 1.87. The van der Waals surface area contributed by atoms with E-state index in [9.17, 15) is 9.59 Å². The Morgan fingerprint density at radius 1 is 1.26 bits per heavy atom. The second-order valence-electron chi connectivity index (χ2n) is 10.1. The molecule has 39 heavy (non-hydrogen) atoms. The summed E-state index contributed by atoms with van der Waals surface area (Å²) >= 11 is 12.0. The molecule has 0 bridgehead atoms. The third-order valence-corrected chi connectivity index (χ3v) is 7.03. The minimum Gasteiger partial charge on any atom is -0.493 e. The van der Waals surface area contributed by atoms with Crippen LogP contribution < -0.4 is 20.5 Å². The average molecular weight is 578 g/mol. The fraction of sp³-hybridized carbons (Fsp3) is 0.385. The highest BCUT2D eigenvalue weighted by Crippen LogP contribution is 2.45. The van der Waals surface area contributed by atoms with Gasteiger partial charge in [0, 0.05) is 12.6 Å². The molecule has 2 aliphatic heterocycles. The van der Waals surface area contributed by atoms with Crippen LogP contribution in [0.3, 0.4) is 0 Å². The lowest BCUT2D eigenvalue weighted by atomic mass is 10.1. The van der Waals surface area contributed by atoms with Crippen LogP contribution in [0.15, 0.2) is 28.0 Å². The number of ether oxygens (including phenoxy) is 3. The fourth-order valence-corrected chi connectivity index (χ4v) is 4.88. The van der Waals surface area contributed by atoms with Gasteiger partial charge in [-0.25, -0.2) is 23.5 Å². The molecule has 10 nitrogen and oxygen atoms in total. The smallest absolute Gasteiger partial charge is 0.410 e. The first-order valence-electron chi connectivity index (χ1n) is 12.2. The number of likely N-dealkylation sites (tertiary alicyclic amines) is 1. The van der Waals surface area contributed by atoms with Crippen LogP contribution in [-0.2, 0) is 4.74 Å². The van der Waals surface area contributed by atoms with Crippen LogP contribution in [0.25, 0.3) is 16.6 Å². The highest BCUT2D eigenvalue weighted by Gasteiger charge is 2.31. The number of hydrogen-bond acceptors (Lipinski definition) is 8. The lowest BCUT2D eigenvalue weighted by Gasteiger charge is -2.34. The molecule has 3 heterocycles. The number of aromatic nitrogens is 2. The molecule has 1 N–H and O–H groups in total. The molecule has 1 aromatic heterocycles. The van der Waals surface area contributed by atoms with Crippen molar-refractivity contribution < 1.29 is 23.4 Å². The lowest BCUT2D eigenvalue weighted by Crippen LogP contribution is -2.46. The maximum atomic E-state index is 15.1. The zero-order valence-corrected chi connectivity index (χ0v) is 23.2. The van der Waals surface area contributed by atoms with E-state index in [2.05, 4.69) is 15.3 Å². The summed E-state index contributed by atoms with van der Waals surface area (Å²) in [5.41, 5.74) is -0.880. The monoisotopic (exact) mass is 577 g/mol. The number of benzene rings is 2. The van der Waals surface area contributed by atoms with E-state index in [1.54, 1.807) is 11.0 Å². The van der Waals surface area contributed by atoms with Gasteiger partial charge in [0.25, 0.3) is 0 Å². The predicted octanol–water partition coefficient (Wildman–Crippen LogP) is 5.70. The summed E-state index contributed by atoms with van der Waals surface area (Å²) in [5.74, 6) is -0.215. The van der Waals surface area contributed by atoms with Gasteiger partial charge in [0.15, 0.2) is 23.1 Å². The van der Waals surface area contributed by atoms with Crippen molar-refractivity contribution >= 4 is 58.0 Å². The third-order valence-electron chi connectivity index (χ3n) is 6.25. The van der Waals surface area contributed by atoms with Gasteiger partial charge in [0.1, 0.15) is 17.2 Å². The number of carbonyl (C=O) groups is 1. The number of anilines is 1. The molecular formula is C26H26Cl2FN5O5. The summed E-state index contributed by atoms with van der Waals surface area (Å²) in [5, 5.41) is 3.12. The predicted molar refractivity (Wildman–Crippen MR) is 147 cm³/mol. The van der Waals surface area contributed by atoms with Crippen molar-refractivity contribution in [3.05, 3.63) is 44.5 Å². The number of halogens is 3. The SMILES string of the molecule is COc1cc2c3c(n(-c4ccc(Cl)c(Cl)c4F)c(=O)nc3c1OC1CCCN(C(=O)OC(C)(C)C)C1)N=CN2. The van der Waals surface area contributed by atoms with Crippen molar-refractivity contribution in [3.8, 4) is 17.2 Å². The van der Waals surface area contributed by atoms with Crippen molar-refractivity contribution in [2.24, 2.45) is 4.99 Å². The summed E-state index contributed by atoms with van der Waals surface area (Å²) in [7, 11) is 1.47. The molecule has 1 amide bonds. The second-order valence-corrected chi connectivity index (χ2v) is 10.9. The Hall–Kier alpha value is -3.57. The quantitative estimate of drug-likeness (QED) is 0.396. The largest absolute Gasteiger partial charge is 0.493 e. The van der Waals surface area contributed by atoms with Crippen LogP contribution in [0.2, 0.25) is 10.0 Å². The van der Waals surface area contributed by atoms with Crippen LogP contribution in [0, 0.1) is 5.82 Å². The number of rotatable bonds is 4. The normalized spacial score (nSPS) is 16.7. The number of amides is 1. The number of carbonyl (C=O) groups excluding carboxylic acids is 1. The topological polar surface area (TPSA) is 107 Å². The highest BCUT2D eigenvalue weighted by atomic mass is 35.5. The number of aliphatic imine (C=N–C) groups is 1. The number of nitrogens with one attached hydrogen (secondary N) is 1. The van der Waals surface area contributed by atoms with Gasteiger partial charge in [-0.1, -0.05) is 23.2 Å². The summed E-state index contributed by atoms with van der Waals surface area (Å²) in [4.78, 5) is 36.2. The van der Waals surface area contributed by atoms with Crippen LogP contribution in [-0.4, -0.2) is 58.8 Å². The van der Waals surface area contributed by atoms with Crippen molar-refractivity contribution in [1.29, 1.82) is 0 Å². The fourth-order valence-electron chi connectivity index (χ4n) is 4.57. The highest BCUT2D eigenvalue weighted by molar-refractivity contribution is 6.42. The van der Waals surface area contributed by atoms with E-state index in [-0.39, 0.29) is 39.4 Å². The molecule has 3 aromatic rings. The summed E-state index contributed by atoms with van der Waals surface area (Å²) in [6, 6.07) is 4.41. The van der Waals surface area contributed by atoms with Gasteiger partial charge in [0.05, 0.1) is 46.8 Å². The van der Waals surface area contributed by atoms with Crippen LogP contribution >= 0.6 is 23.2 Å². The Labute approximate surface area is 233 Å². The van der Waals surface area contributed by atoms with E-state index in [1.807, 2.05) is 20.8 Å². The maximum absolute atomic E-state index is 15.1. The van der Waals surface area contributed by atoms with Crippen molar-refractivity contribution in [2.75, 3.05) is 25.5 Å². The van der Waals surface area contributed by atoms with Gasteiger partial charge in [-0.15, -0.1) is 0 Å². The van der Waals surface area contributed by atoms with E-state index >= 15 is 4.39 Å². The maximum Gasteiger partial charge on any atom is 0.410 e. The molecular weight excluding hydrogens is 552 g/mol. The van der Waals surface area contributed by atoms with Crippen molar-refractivity contribution in [1.82, 2.24) is 14.5 Å². The molecule has 0 spiro atoms. The van der Waals surface area contributed by atoms with Gasteiger partial charge < -0.3 is 24.4 Å². The Bertz CT molecular complexity index is 1570. The van der Waals surface area contributed by atoms with E-state index < -0.39 is 29.3 Å². The molecule has 13 heteroatoms. The number of nitrogens with zero attached hydrogens (tertiary/aromatic N) is 4. The Balaban J connectivity index is 1.60. The molecule has 1 fully saturated rings. The van der Waals surface area contributed by atoms with Crippen LogP contribution in [0.5, 0.6) is 11.5 Å². The minimum absolute atomic E-state index is 0.00699. The first-order valence-corrected chi connectivity index (χ1v) is 13.0. The van der Waals surface area contributed by atoms with Crippen LogP contribution in [0.1, 0.15) is 33.6 Å². The molecule has 206 valence electrons. The van der Waals surface area contributed by atoms with Gasteiger partial charge >= 0.3 is 11.8 Å². The van der Waals surface area contributed by atoms with E-state index in [0.29, 0.717) is 36.2 Å². The first-order chi connectivity index (χ1) is 18.5. The van der Waals surface area contributed by atoms with Crippen molar-refractivity contribution in [3.63, 3.8) is 0 Å². The molecule has 2 aromatic carbocycles. The Kier molecular flexibility index (Phi) is 7.06. The van der Waals surface area contributed by atoms with Gasteiger partial charge in [-0.3, -0.25) is 0 Å². The summed E-state index contributed by atoms with van der Waals surface area (Å²) < 4.78 is 33.6. The minimum atomic E-state index is -0.881. The molecule has 1 saturated heterocycles. The molecule has 0 saturated carbocycles. The molecule has 1 unspecified atom stereocenters. The molecule has 5 rings (SSSR count). The molecule has 1 atom stereocenters. The number of methoxy groups -OCH3 is 1. The summed E-state index contributed by atoms with van der Waals surface area (Å²) in [6.45, 7) is 6.23. The third kappa shape index (κ3) is 5.08.